The highest BCUT2D eigenvalue weighted by Gasteiger charge is 2.14. The lowest BCUT2D eigenvalue weighted by Gasteiger charge is -2.04. The summed E-state index contributed by atoms with van der Waals surface area (Å²) >= 11 is 1.76. The number of thioether (sulfide) groups is 1. The number of rotatable bonds is 8. The lowest BCUT2D eigenvalue weighted by Crippen LogP contribution is -2.11. The Labute approximate surface area is 100 Å². The number of nitrogens with two attached hydrogens (primary N) is 1. The average Bonchev–Trinajstić information content (AvgIpc) is 2.75. The highest BCUT2D eigenvalue weighted by molar-refractivity contribution is 7.98. The van der Waals surface area contributed by atoms with Crippen LogP contribution in [0.25, 0.3) is 0 Å². The fourth-order valence-corrected chi connectivity index (χ4v) is 1.75. The van der Waals surface area contributed by atoms with Crippen molar-refractivity contribution in [2.75, 3.05) is 19.5 Å². The van der Waals surface area contributed by atoms with Crippen molar-refractivity contribution < 1.29 is 9.26 Å². The van der Waals surface area contributed by atoms with Gasteiger partial charge in [-0.15, -0.1) is 0 Å². The van der Waals surface area contributed by atoms with Crippen molar-refractivity contribution in [1.82, 2.24) is 10.1 Å². The first-order valence-electron chi connectivity index (χ1n) is 5.42. The van der Waals surface area contributed by atoms with E-state index in [0.717, 1.165) is 30.2 Å². The van der Waals surface area contributed by atoms with Gasteiger partial charge in [0.2, 0.25) is 5.89 Å². The normalized spacial score (nSPS) is 12.9. The second-order valence-electron chi connectivity index (χ2n) is 3.43. The van der Waals surface area contributed by atoms with Gasteiger partial charge in [0.1, 0.15) is 0 Å². The van der Waals surface area contributed by atoms with Gasteiger partial charge in [-0.05, 0) is 18.6 Å². The number of nitrogens with zero attached hydrogens (tertiary/aromatic N) is 2. The molecule has 1 unspecified atom stereocenters. The molecule has 1 rings (SSSR count). The van der Waals surface area contributed by atoms with Gasteiger partial charge in [0, 0.05) is 13.7 Å². The summed E-state index contributed by atoms with van der Waals surface area (Å²) in [4.78, 5) is 4.26. The smallest absolute Gasteiger partial charge is 0.243 e. The maximum Gasteiger partial charge on any atom is 0.243 e. The number of hydrogen-bond acceptors (Lipinski definition) is 6. The molecule has 1 aromatic rings. The monoisotopic (exact) mass is 245 g/mol. The van der Waals surface area contributed by atoms with Crippen LogP contribution in [0.2, 0.25) is 0 Å². The van der Waals surface area contributed by atoms with Crippen LogP contribution in [0.15, 0.2) is 4.52 Å². The van der Waals surface area contributed by atoms with E-state index in [9.17, 15) is 0 Å². The minimum Gasteiger partial charge on any atom is -0.385 e. The van der Waals surface area contributed by atoms with Crippen LogP contribution in [-0.4, -0.2) is 29.6 Å². The van der Waals surface area contributed by atoms with Crippen molar-refractivity contribution in [1.29, 1.82) is 0 Å². The first kappa shape index (κ1) is 13.5. The van der Waals surface area contributed by atoms with E-state index < -0.39 is 0 Å². The Bertz CT molecular complexity index is 293. The molecule has 0 radical (unpaired) electrons. The maximum atomic E-state index is 5.92. The summed E-state index contributed by atoms with van der Waals surface area (Å²) in [5.74, 6) is 3.08. The second-order valence-corrected chi connectivity index (χ2v) is 4.70. The van der Waals surface area contributed by atoms with Gasteiger partial charge in [-0.25, -0.2) is 0 Å². The minimum atomic E-state index is -0.178. The molecule has 1 heterocycles. The molecule has 0 aliphatic rings. The molecule has 0 fully saturated rings. The van der Waals surface area contributed by atoms with E-state index in [0.29, 0.717) is 12.5 Å². The maximum absolute atomic E-state index is 5.92. The molecule has 0 saturated carbocycles. The van der Waals surface area contributed by atoms with Gasteiger partial charge in [0.15, 0.2) is 5.82 Å². The van der Waals surface area contributed by atoms with Gasteiger partial charge >= 0.3 is 0 Å². The van der Waals surface area contributed by atoms with E-state index in [1.165, 1.54) is 0 Å². The van der Waals surface area contributed by atoms with Gasteiger partial charge in [-0.2, -0.15) is 16.7 Å². The fourth-order valence-electron chi connectivity index (χ4n) is 1.24. The van der Waals surface area contributed by atoms with Gasteiger partial charge in [-0.1, -0.05) is 12.1 Å². The molecule has 0 aromatic carbocycles. The Balaban J connectivity index is 2.37. The quantitative estimate of drug-likeness (QED) is 0.703. The first-order chi connectivity index (χ1) is 7.77. The van der Waals surface area contributed by atoms with Crippen LogP contribution in [0.4, 0.5) is 0 Å². The van der Waals surface area contributed by atoms with Crippen LogP contribution >= 0.6 is 11.8 Å². The molecular formula is C10H19N3O2S. The standard InChI is InChI=1S/C10H19N3O2S/c1-3-16-7-9-12-10(15-13-9)8(11)5-4-6-14-2/h8H,3-7,11H2,1-2H3. The molecule has 0 amide bonds. The van der Waals surface area contributed by atoms with E-state index in [-0.39, 0.29) is 6.04 Å². The van der Waals surface area contributed by atoms with Gasteiger partial charge in [0.05, 0.1) is 11.8 Å². The van der Waals surface area contributed by atoms with Gasteiger partial charge < -0.3 is 15.0 Å². The lowest BCUT2D eigenvalue weighted by atomic mass is 10.2. The van der Waals surface area contributed by atoms with Crippen LogP contribution in [0, 0.1) is 0 Å². The largest absolute Gasteiger partial charge is 0.385 e. The van der Waals surface area contributed by atoms with E-state index in [4.69, 9.17) is 15.0 Å². The van der Waals surface area contributed by atoms with E-state index in [1.807, 2.05) is 0 Å². The second kappa shape index (κ2) is 7.65. The fraction of sp³-hybridized carbons (Fsp3) is 0.800. The Hall–Kier alpha value is -0.590. The van der Waals surface area contributed by atoms with Crippen molar-refractivity contribution >= 4 is 11.8 Å². The van der Waals surface area contributed by atoms with Crippen molar-refractivity contribution in [3.63, 3.8) is 0 Å². The minimum absolute atomic E-state index is 0.178. The highest BCUT2D eigenvalue weighted by Crippen LogP contribution is 2.15. The molecular weight excluding hydrogens is 226 g/mol. The van der Waals surface area contributed by atoms with Gasteiger partial charge in [0.25, 0.3) is 0 Å². The average molecular weight is 245 g/mol. The van der Waals surface area contributed by atoms with Crippen molar-refractivity contribution in [2.45, 2.75) is 31.6 Å². The zero-order valence-electron chi connectivity index (χ0n) is 9.81. The SMILES string of the molecule is CCSCc1noc(C(N)CCCOC)n1. The summed E-state index contributed by atoms with van der Waals surface area (Å²) < 4.78 is 10.1. The molecule has 92 valence electrons. The summed E-state index contributed by atoms with van der Waals surface area (Å²) in [5.41, 5.74) is 5.92. The number of methoxy groups -OCH3 is 1. The molecule has 0 saturated heterocycles. The Kier molecular flexibility index (Phi) is 6.44. The van der Waals surface area contributed by atoms with Crippen LogP contribution in [0.3, 0.4) is 0 Å². The van der Waals surface area contributed by atoms with Crippen molar-refractivity contribution in [2.24, 2.45) is 5.73 Å². The predicted octanol–water partition coefficient (Wildman–Crippen LogP) is 1.75. The summed E-state index contributed by atoms with van der Waals surface area (Å²) in [7, 11) is 1.68. The van der Waals surface area contributed by atoms with Crippen molar-refractivity contribution in [3.05, 3.63) is 11.7 Å². The van der Waals surface area contributed by atoms with Crippen molar-refractivity contribution in [3.8, 4) is 0 Å². The first-order valence-corrected chi connectivity index (χ1v) is 6.58. The number of ether oxygens (including phenoxy) is 1. The third-order valence-corrected chi connectivity index (χ3v) is 2.97. The summed E-state index contributed by atoms with van der Waals surface area (Å²) in [6.45, 7) is 2.81. The predicted molar refractivity (Wildman–Crippen MR) is 64.2 cm³/mol. The van der Waals surface area contributed by atoms with Crippen LogP contribution in [-0.2, 0) is 10.5 Å². The Morgan fingerprint density at radius 1 is 1.56 bits per heavy atom. The molecule has 16 heavy (non-hydrogen) atoms. The van der Waals surface area contributed by atoms with Crippen LogP contribution in [0.5, 0.6) is 0 Å². The molecule has 0 aliphatic carbocycles. The van der Waals surface area contributed by atoms with E-state index in [2.05, 4.69) is 17.1 Å². The third kappa shape index (κ3) is 4.51. The Morgan fingerprint density at radius 2 is 2.38 bits per heavy atom. The molecule has 0 spiro atoms. The molecule has 0 aliphatic heterocycles. The summed E-state index contributed by atoms with van der Waals surface area (Å²) in [5, 5.41) is 3.88. The zero-order valence-corrected chi connectivity index (χ0v) is 10.6. The van der Waals surface area contributed by atoms with E-state index in [1.54, 1.807) is 18.9 Å². The lowest BCUT2D eigenvalue weighted by molar-refractivity contribution is 0.188. The molecule has 5 nitrogen and oxygen atoms in total. The van der Waals surface area contributed by atoms with E-state index >= 15 is 0 Å². The third-order valence-electron chi connectivity index (χ3n) is 2.10. The van der Waals surface area contributed by atoms with Crippen LogP contribution < -0.4 is 5.73 Å². The molecule has 1 aromatic heterocycles. The summed E-state index contributed by atoms with van der Waals surface area (Å²) in [6.07, 6.45) is 1.70. The number of aromatic nitrogens is 2. The topological polar surface area (TPSA) is 74.2 Å². The zero-order chi connectivity index (χ0) is 11.8. The summed E-state index contributed by atoms with van der Waals surface area (Å²) in [6, 6.07) is -0.178. The molecule has 1 atom stereocenters. The molecule has 2 N–H and O–H groups in total. The van der Waals surface area contributed by atoms with Gasteiger partial charge in [-0.3, -0.25) is 0 Å². The number of hydrogen-bond donors (Lipinski definition) is 1. The molecule has 6 heteroatoms. The van der Waals surface area contributed by atoms with Crippen LogP contribution in [0.1, 0.15) is 37.5 Å². The highest BCUT2D eigenvalue weighted by atomic mass is 32.2. The Morgan fingerprint density at radius 3 is 3.06 bits per heavy atom. The molecule has 0 bridgehead atoms.